The second kappa shape index (κ2) is 9.82. The van der Waals surface area contributed by atoms with E-state index in [2.05, 4.69) is 46.0 Å². The van der Waals surface area contributed by atoms with E-state index in [4.69, 9.17) is 4.74 Å². The van der Waals surface area contributed by atoms with Crippen LogP contribution < -0.4 is 10.9 Å². The van der Waals surface area contributed by atoms with Gasteiger partial charge in [0.2, 0.25) is 5.82 Å². The maximum atomic E-state index is 12.8. The van der Waals surface area contributed by atoms with E-state index >= 15 is 0 Å². The highest BCUT2D eigenvalue weighted by Crippen LogP contribution is 2.20. The first-order valence-corrected chi connectivity index (χ1v) is 12.0. The third-order valence-electron chi connectivity index (χ3n) is 5.89. The number of nitrogens with zero attached hydrogens (tertiary/aromatic N) is 8. The number of ether oxygens (including phenoxy) is 1. The third-order valence-corrected chi connectivity index (χ3v) is 5.89. The molecule has 0 saturated carbocycles. The van der Waals surface area contributed by atoms with Crippen molar-refractivity contribution in [3.8, 4) is 11.3 Å². The number of fused-ring (bicyclic) bond motifs is 3. The van der Waals surface area contributed by atoms with Crippen LogP contribution in [0.15, 0.2) is 47.3 Å². The van der Waals surface area contributed by atoms with Gasteiger partial charge in [0.05, 0.1) is 12.3 Å². The monoisotopic (exact) mass is 541 g/mol. The summed E-state index contributed by atoms with van der Waals surface area (Å²) in [4.78, 5) is 59.2. The minimum atomic E-state index is -0.623. The minimum Gasteiger partial charge on any atom is -0.466 e. The summed E-state index contributed by atoms with van der Waals surface area (Å²) in [5, 5.41) is 24.4. The molecule has 4 aromatic heterocycles. The van der Waals surface area contributed by atoms with E-state index in [0.29, 0.717) is 33.3 Å². The maximum Gasteiger partial charge on any atom is 0.313 e. The van der Waals surface area contributed by atoms with E-state index in [1.54, 1.807) is 37.3 Å². The van der Waals surface area contributed by atoms with Crippen LogP contribution in [-0.2, 0) is 16.2 Å². The average Bonchev–Trinajstić information content (AvgIpc) is 3.68. The van der Waals surface area contributed by atoms with Gasteiger partial charge in [-0.2, -0.15) is 39.9 Å². The van der Waals surface area contributed by atoms with Crippen molar-refractivity contribution in [1.29, 1.82) is 0 Å². The number of esters is 1. The summed E-state index contributed by atoms with van der Waals surface area (Å²) in [5.74, 6) is -1.76. The molecule has 3 N–H and O–H groups in total. The molecule has 0 aliphatic heterocycles. The van der Waals surface area contributed by atoms with Gasteiger partial charge < -0.3 is 10.1 Å². The lowest BCUT2D eigenvalue weighted by Gasteiger charge is -2.01. The summed E-state index contributed by atoms with van der Waals surface area (Å²) in [5.41, 5.74) is 3.00. The number of H-pyrrole nitrogens is 2. The maximum absolute atomic E-state index is 12.8. The molecular formula is C24H19N11O5. The van der Waals surface area contributed by atoms with E-state index in [1.807, 2.05) is 0 Å². The summed E-state index contributed by atoms with van der Waals surface area (Å²) in [6.07, 6.45) is -0.378. The van der Waals surface area contributed by atoms with Gasteiger partial charge >= 0.3 is 5.97 Å². The van der Waals surface area contributed by atoms with Gasteiger partial charge in [0.25, 0.3) is 17.2 Å². The fourth-order valence-electron chi connectivity index (χ4n) is 4.00. The van der Waals surface area contributed by atoms with Gasteiger partial charge in [0, 0.05) is 17.2 Å². The van der Waals surface area contributed by atoms with Crippen molar-refractivity contribution in [1.82, 2.24) is 55.3 Å². The van der Waals surface area contributed by atoms with E-state index < -0.39 is 23.2 Å². The quantitative estimate of drug-likeness (QED) is 0.138. The van der Waals surface area contributed by atoms with E-state index in [0.717, 1.165) is 4.52 Å². The molecule has 16 nitrogen and oxygen atoms in total. The number of hydrogen-bond acceptors (Lipinski definition) is 11. The minimum absolute atomic E-state index is 0.0101. The van der Waals surface area contributed by atoms with Gasteiger partial charge in [0.1, 0.15) is 35.2 Å². The van der Waals surface area contributed by atoms with Gasteiger partial charge in [-0.25, -0.2) is 4.98 Å². The number of ketones is 1. The molecule has 0 bridgehead atoms. The van der Waals surface area contributed by atoms with Crippen LogP contribution in [0.5, 0.6) is 0 Å². The lowest BCUT2D eigenvalue weighted by Crippen LogP contribution is -2.28. The number of carbonyl (C=O) groups is 3. The number of amides is 1. The topological polar surface area (TPSA) is 208 Å². The van der Waals surface area contributed by atoms with Crippen molar-refractivity contribution in [3.05, 3.63) is 64.2 Å². The number of aromatic nitrogens is 10. The Morgan fingerprint density at radius 3 is 2.60 bits per heavy atom. The van der Waals surface area contributed by atoms with Gasteiger partial charge in [0.15, 0.2) is 5.78 Å². The highest BCUT2D eigenvalue weighted by Gasteiger charge is 2.17. The first-order chi connectivity index (χ1) is 19.4. The van der Waals surface area contributed by atoms with Crippen molar-refractivity contribution in [3.63, 3.8) is 0 Å². The van der Waals surface area contributed by atoms with Gasteiger partial charge in [-0.1, -0.05) is 6.07 Å². The number of Topliss-reactive ketones (excluding diaryl/α,β-unsaturated/α-hetero) is 1. The molecule has 16 heteroatoms. The Morgan fingerprint density at radius 1 is 0.950 bits per heavy atom. The van der Waals surface area contributed by atoms with Crippen molar-refractivity contribution in [2.75, 3.05) is 6.61 Å². The van der Waals surface area contributed by atoms with E-state index in [-0.39, 0.29) is 36.9 Å². The smallest absolute Gasteiger partial charge is 0.313 e. The number of carbonyl (C=O) groups excluding carboxylic acids is 3. The van der Waals surface area contributed by atoms with Gasteiger partial charge in [-0.15, -0.1) is 0 Å². The zero-order valence-corrected chi connectivity index (χ0v) is 20.8. The molecule has 6 rings (SSSR count). The Morgan fingerprint density at radius 2 is 1.75 bits per heavy atom. The molecule has 0 fully saturated rings. The predicted octanol–water partition coefficient (Wildman–Crippen LogP) is 0.624. The first kappa shape index (κ1) is 24.5. The molecule has 0 atom stereocenters. The summed E-state index contributed by atoms with van der Waals surface area (Å²) in [6.45, 7) is 1.73. The zero-order valence-electron chi connectivity index (χ0n) is 20.8. The fourth-order valence-corrected chi connectivity index (χ4v) is 4.00. The number of nitrogens with one attached hydrogen (secondary N) is 3. The van der Waals surface area contributed by atoms with Crippen LogP contribution >= 0.6 is 0 Å². The molecule has 40 heavy (non-hydrogen) atoms. The van der Waals surface area contributed by atoms with Crippen LogP contribution in [0.4, 0.5) is 0 Å². The fraction of sp³-hybridized carbons (Fsp3) is 0.167. The molecular weight excluding hydrogens is 522 g/mol. The number of benzene rings is 2. The Balaban J connectivity index is 1.17. The molecule has 6 aromatic rings. The first-order valence-electron chi connectivity index (χ1n) is 12.0. The molecule has 0 aliphatic carbocycles. The molecule has 2 aromatic carbocycles. The zero-order chi connectivity index (χ0) is 27.8. The van der Waals surface area contributed by atoms with Crippen molar-refractivity contribution < 1.29 is 19.1 Å². The van der Waals surface area contributed by atoms with Crippen molar-refractivity contribution in [2.45, 2.75) is 20.0 Å². The molecule has 1 amide bonds. The van der Waals surface area contributed by atoms with Crippen molar-refractivity contribution in [2.24, 2.45) is 0 Å². The Hall–Kier alpha value is -5.80. The van der Waals surface area contributed by atoms with Crippen LogP contribution in [0, 0.1) is 0 Å². The molecule has 200 valence electrons. The summed E-state index contributed by atoms with van der Waals surface area (Å²) >= 11 is 0. The molecule has 0 spiro atoms. The normalized spacial score (nSPS) is 11.3. The lowest BCUT2D eigenvalue weighted by atomic mass is 10.1. The summed E-state index contributed by atoms with van der Waals surface area (Å²) in [7, 11) is 0. The van der Waals surface area contributed by atoms with Gasteiger partial charge in [-0.05, 0) is 37.3 Å². The lowest BCUT2D eigenvalue weighted by molar-refractivity contribution is -0.141. The predicted molar refractivity (Wildman–Crippen MR) is 137 cm³/mol. The van der Waals surface area contributed by atoms with Gasteiger partial charge in [-0.3, -0.25) is 24.3 Å². The second-order valence-corrected chi connectivity index (χ2v) is 8.56. The standard InChI is InChI=1S/C24H19N11O5/c1-2-40-21(38)10-19(36)13-4-6-15-18(8-13)31-34(30-15)11-25-23(39)22-27-24-26-16(9-20(37)35(24)32-22)12-3-5-14-17(7-12)29-33-28-14/h3-9H,2,10-11H2,1H3,(H,25,39)(H,26,27,32)(H,28,29,33). The molecule has 0 saturated heterocycles. The Labute approximate surface area is 222 Å². The third kappa shape index (κ3) is 4.64. The highest BCUT2D eigenvalue weighted by molar-refractivity contribution is 6.07. The molecule has 0 aliphatic rings. The van der Waals surface area contributed by atoms with E-state index in [9.17, 15) is 19.2 Å². The Bertz CT molecular complexity index is 2000. The Kier molecular flexibility index (Phi) is 6.02. The summed E-state index contributed by atoms with van der Waals surface area (Å²) < 4.78 is 5.87. The summed E-state index contributed by atoms with van der Waals surface area (Å²) in [6, 6.07) is 11.2. The highest BCUT2D eigenvalue weighted by atomic mass is 16.5. The number of rotatable bonds is 8. The van der Waals surface area contributed by atoms with Crippen molar-refractivity contribution >= 4 is 45.5 Å². The average molecular weight is 541 g/mol. The van der Waals surface area contributed by atoms with Crippen LogP contribution in [0.3, 0.4) is 0 Å². The molecule has 4 heterocycles. The largest absolute Gasteiger partial charge is 0.466 e. The van der Waals surface area contributed by atoms with E-state index in [1.165, 1.54) is 16.9 Å². The van der Waals surface area contributed by atoms with Crippen LogP contribution in [-0.4, -0.2) is 74.3 Å². The number of aromatic amines is 2. The van der Waals surface area contributed by atoms with Crippen LogP contribution in [0.25, 0.3) is 39.1 Å². The van der Waals surface area contributed by atoms with Crippen LogP contribution in [0.2, 0.25) is 0 Å². The second-order valence-electron chi connectivity index (χ2n) is 8.56. The number of hydrogen-bond donors (Lipinski definition) is 3. The SMILES string of the molecule is CCOC(=O)CC(=O)c1ccc2nn(CNC(=O)c3nc4nc(-c5ccc6n[nH]nc6c5)cc(=O)n4[nH]3)nc2c1. The molecule has 0 unspecified atom stereocenters. The molecule has 0 radical (unpaired) electrons. The van der Waals surface area contributed by atoms with Crippen LogP contribution in [0.1, 0.15) is 34.3 Å².